The number of pyridine rings is 2. The Labute approximate surface area is 159 Å². The molecule has 27 heavy (non-hydrogen) atoms. The zero-order chi connectivity index (χ0) is 19.1. The van der Waals surface area contributed by atoms with Gasteiger partial charge in [0.15, 0.2) is 5.82 Å². The van der Waals surface area contributed by atoms with Crippen LogP contribution in [0.3, 0.4) is 0 Å². The number of aliphatic imine (C=N–C) groups is 1. The third kappa shape index (κ3) is 5.12. The molecule has 1 aliphatic rings. The van der Waals surface area contributed by atoms with E-state index in [4.69, 9.17) is 5.73 Å². The molecular formula is C21H26FN5. The Kier molecular flexibility index (Phi) is 6.52. The number of rotatable bonds is 7. The van der Waals surface area contributed by atoms with Crippen molar-refractivity contribution in [1.29, 1.82) is 0 Å². The maximum atomic E-state index is 14.6. The Hall–Kier alpha value is -2.76. The van der Waals surface area contributed by atoms with Crippen LogP contribution < -0.4 is 11.1 Å². The lowest BCUT2D eigenvalue weighted by atomic mass is 10.1. The van der Waals surface area contributed by atoms with Gasteiger partial charge in [-0.1, -0.05) is 26.2 Å². The Morgan fingerprint density at radius 2 is 2.15 bits per heavy atom. The molecule has 6 heteroatoms. The number of anilines is 1. The number of nitrogens with one attached hydrogen (secondary N) is 1. The molecule has 1 fully saturated rings. The molecule has 0 radical (unpaired) electrons. The van der Waals surface area contributed by atoms with Crippen LogP contribution in [-0.4, -0.2) is 22.2 Å². The number of aromatic nitrogens is 2. The van der Waals surface area contributed by atoms with Gasteiger partial charge in [0.25, 0.3) is 0 Å². The lowest BCUT2D eigenvalue weighted by molar-refractivity contribution is 0.617. The predicted octanol–water partition coefficient (Wildman–Crippen LogP) is 4.62. The molecule has 0 amide bonds. The van der Waals surface area contributed by atoms with Crippen molar-refractivity contribution in [3.05, 3.63) is 54.0 Å². The second kappa shape index (κ2) is 9.26. The number of allylic oxidation sites excluding steroid dienone is 1. The smallest absolute Gasteiger partial charge is 0.151 e. The average Bonchev–Trinajstić information content (AvgIpc) is 3.17. The molecule has 0 aromatic carbocycles. The molecule has 0 bridgehead atoms. The van der Waals surface area contributed by atoms with E-state index in [1.54, 1.807) is 18.6 Å². The molecule has 1 saturated carbocycles. The molecule has 0 unspecified atom stereocenters. The van der Waals surface area contributed by atoms with Gasteiger partial charge in [0, 0.05) is 42.0 Å². The molecule has 0 atom stereocenters. The van der Waals surface area contributed by atoms with Crippen molar-refractivity contribution in [3.63, 3.8) is 0 Å². The van der Waals surface area contributed by atoms with Crippen molar-refractivity contribution in [2.45, 2.75) is 51.5 Å². The highest BCUT2D eigenvalue weighted by atomic mass is 19.1. The van der Waals surface area contributed by atoms with Gasteiger partial charge < -0.3 is 11.1 Å². The zero-order valence-electron chi connectivity index (χ0n) is 15.7. The molecule has 3 N–H and O–H groups in total. The summed E-state index contributed by atoms with van der Waals surface area (Å²) in [4.78, 5) is 13.0. The molecule has 5 nitrogen and oxygen atoms in total. The van der Waals surface area contributed by atoms with E-state index in [0.717, 1.165) is 37.1 Å². The van der Waals surface area contributed by atoms with Crippen LogP contribution in [0.1, 0.15) is 50.4 Å². The molecule has 0 saturated heterocycles. The minimum Gasteiger partial charge on any atom is -0.404 e. The van der Waals surface area contributed by atoms with E-state index in [-0.39, 0.29) is 5.69 Å². The van der Waals surface area contributed by atoms with Crippen LogP contribution in [0.25, 0.3) is 5.57 Å². The highest BCUT2D eigenvalue weighted by Gasteiger charge is 2.16. The lowest BCUT2D eigenvalue weighted by Gasteiger charge is -2.14. The van der Waals surface area contributed by atoms with Crippen LogP contribution in [0.2, 0.25) is 0 Å². The molecular weight excluding hydrogens is 341 g/mol. The number of hydrogen-bond donors (Lipinski definition) is 2. The van der Waals surface area contributed by atoms with E-state index in [1.165, 1.54) is 25.1 Å². The minimum absolute atomic E-state index is 0.195. The maximum absolute atomic E-state index is 14.6. The molecule has 3 rings (SSSR count). The van der Waals surface area contributed by atoms with E-state index in [0.29, 0.717) is 17.3 Å². The molecule has 0 spiro atoms. The van der Waals surface area contributed by atoms with Gasteiger partial charge in [0.05, 0.1) is 17.6 Å². The van der Waals surface area contributed by atoms with Gasteiger partial charge in [0.1, 0.15) is 5.69 Å². The van der Waals surface area contributed by atoms with Crippen molar-refractivity contribution in [2.24, 2.45) is 10.7 Å². The third-order valence-electron chi connectivity index (χ3n) is 4.68. The van der Waals surface area contributed by atoms with Crippen molar-refractivity contribution < 1.29 is 4.39 Å². The summed E-state index contributed by atoms with van der Waals surface area (Å²) in [5, 5.41) is 3.35. The van der Waals surface area contributed by atoms with Crippen molar-refractivity contribution in [2.75, 3.05) is 5.32 Å². The zero-order valence-corrected chi connectivity index (χ0v) is 15.7. The molecule has 142 valence electrons. The molecule has 0 aliphatic heterocycles. The van der Waals surface area contributed by atoms with Gasteiger partial charge in [-0.15, -0.1) is 0 Å². The summed E-state index contributed by atoms with van der Waals surface area (Å²) in [7, 11) is 0. The normalized spacial score (nSPS) is 15.6. The van der Waals surface area contributed by atoms with Gasteiger partial charge in [-0.2, -0.15) is 0 Å². The number of hydrogen-bond acceptors (Lipinski definition) is 5. The van der Waals surface area contributed by atoms with E-state index >= 15 is 0 Å². The van der Waals surface area contributed by atoms with Crippen molar-refractivity contribution >= 4 is 23.2 Å². The van der Waals surface area contributed by atoms with Gasteiger partial charge in [0.2, 0.25) is 0 Å². The first-order valence-electron chi connectivity index (χ1n) is 9.53. The Bertz CT molecular complexity index is 825. The van der Waals surface area contributed by atoms with Crippen LogP contribution in [0.4, 0.5) is 15.8 Å². The fourth-order valence-corrected chi connectivity index (χ4v) is 3.30. The van der Waals surface area contributed by atoms with Crippen LogP contribution in [0.5, 0.6) is 0 Å². The predicted molar refractivity (Wildman–Crippen MR) is 109 cm³/mol. The van der Waals surface area contributed by atoms with Gasteiger partial charge in [-0.3, -0.25) is 15.0 Å². The standard InChI is InChI=1S/C21H26FN5/c1-2-5-17-10-18(8-9-24-17)25-13-15(12-23)21-20(22)11-19(14-26-21)27-16-6-3-4-7-16/h8-14,16,27H,2-7,23H2,1H3. The fraction of sp³-hybridized carbons (Fsp3) is 0.381. The van der Waals surface area contributed by atoms with Gasteiger partial charge in [-0.25, -0.2) is 4.39 Å². The second-order valence-corrected chi connectivity index (χ2v) is 6.82. The first kappa shape index (κ1) is 19.0. The summed E-state index contributed by atoms with van der Waals surface area (Å²) in [6.07, 6.45) is 12.8. The third-order valence-corrected chi connectivity index (χ3v) is 4.68. The van der Waals surface area contributed by atoms with Crippen molar-refractivity contribution in [3.8, 4) is 0 Å². The highest BCUT2D eigenvalue weighted by molar-refractivity contribution is 6.09. The molecule has 2 heterocycles. The first-order valence-corrected chi connectivity index (χ1v) is 9.53. The number of halogens is 1. The van der Waals surface area contributed by atoms with Crippen molar-refractivity contribution in [1.82, 2.24) is 9.97 Å². The average molecular weight is 367 g/mol. The van der Waals surface area contributed by atoms with Gasteiger partial charge >= 0.3 is 0 Å². The number of aryl methyl sites for hydroxylation is 1. The van der Waals surface area contributed by atoms with Gasteiger partial charge in [-0.05, 0) is 31.4 Å². The Morgan fingerprint density at radius 1 is 1.33 bits per heavy atom. The summed E-state index contributed by atoms with van der Waals surface area (Å²) in [6.45, 7) is 2.10. The SMILES string of the molecule is CCCc1cc(N=CC(=CN)c2ncc(NC3CCCC3)cc2F)ccn1. The van der Waals surface area contributed by atoms with Crippen LogP contribution >= 0.6 is 0 Å². The largest absolute Gasteiger partial charge is 0.404 e. The fourth-order valence-electron chi connectivity index (χ4n) is 3.30. The first-order chi connectivity index (χ1) is 13.2. The summed E-state index contributed by atoms with van der Waals surface area (Å²) in [5.41, 5.74) is 8.78. The summed E-state index contributed by atoms with van der Waals surface area (Å²) >= 11 is 0. The summed E-state index contributed by atoms with van der Waals surface area (Å²) in [6, 6.07) is 5.62. The maximum Gasteiger partial charge on any atom is 0.151 e. The molecule has 2 aromatic rings. The second-order valence-electron chi connectivity index (χ2n) is 6.82. The Balaban J connectivity index is 1.74. The Morgan fingerprint density at radius 3 is 2.85 bits per heavy atom. The van der Waals surface area contributed by atoms with E-state index < -0.39 is 5.82 Å². The van der Waals surface area contributed by atoms with E-state index in [2.05, 4.69) is 27.2 Å². The summed E-state index contributed by atoms with van der Waals surface area (Å²) < 4.78 is 14.6. The lowest BCUT2D eigenvalue weighted by Crippen LogP contribution is -2.15. The topological polar surface area (TPSA) is 76.2 Å². The highest BCUT2D eigenvalue weighted by Crippen LogP contribution is 2.24. The summed E-state index contributed by atoms with van der Waals surface area (Å²) in [5.74, 6) is -0.414. The van der Waals surface area contributed by atoms with E-state index in [9.17, 15) is 4.39 Å². The van der Waals surface area contributed by atoms with Crippen LogP contribution in [0, 0.1) is 5.82 Å². The quantitative estimate of drug-likeness (QED) is 0.700. The van der Waals surface area contributed by atoms with E-state index in [1.807, 2.05) is 12.1 Å². The minimum atomic E-state index is -0.414. The van der Waals surface area contributed by atoms with Crippen LogP contribution in [0.15, 0.2) is 41.8 Å². The molecule has 1 aliphatic carbocycles. The number of nitrogens with two attached hydrogens (primary N) is 1. The van der Waals surface area contributed by atoms with Crippen LogP contribution in [-0.2, 0) is 6.42 Å². The molecule has 2 aromatic heterocycles. The number of nitrogens with zero attached hydrogens (tertiary/aromatic N) is 3. The monoisotopic (exact) mass is 367 g/mol.